The van der Waals surface area contributed by atoms with Crippen molar-refractivity contribution >= 4 is 46.4 Å². The highest BCUT2D eigenvalue weighted by molar-refractivity contribution is 6.36. The first-order valence-electron chi connectivity index (χ1n) is 5.91. The molecule has 0 spiro atoms. The third kappa shape index (κ3) is 2.76. The molecule has 0 aliphatic carbocycles. The van der Waals surface area contributed by atoms with Crippen LogP contribution >= 0.6 is 23.2 Å². The molecule has 0 saturated heterocycles. The molecule has 6 heteroatoms. The number of aromatic amines is 1. The third-order valence-electron chi connectivity index (χ3n) is 2.73. The standard InChI is InChI=1S/C14H10Cl2N4/c15-10-6-5-9(11(16)7-10)8-17-20-14-18-12-3-1-2-4-13(12)19-14/h1-8H,(H2,18,19,20)/b17-8+. The second kappa shape index (κ2) is 5.53. The quantitative estimate of drug-likeness (QED) is 0.559. The van der Waals surface area contributed by atoms with Gasteiger partial charge in [-0.25, -0.2) is 10.4 Å². The normalized spacial score (nSPS) is 11.3. The molecule has 1 heterocycles. The Labute approximate surface area is 125 Å². The van der Waals surface area contributed by atoms with E-state index >= 15 is 0 Å². The van der Waals surface area contributed by atoms with Crippen LogP contribution in [0.2, 0.25) is 10.0 Å². The van der Waals surface area contributed by atoms with Crippen LogP contribution in [-0.4, -0.2) is 16.2 Å². The van der Waals surface area contributed by atoms with Crippen LogP contribution in [0, 0.1) is 0 Å². The van der Waals surface area contributed by atoms with Crippen molar-refractivity contribution in [2.24, 2.45) is 5.10 Å². The summed E-state index contributed by atoms with van der Waals surface area (Å²) in [7, 11) is 0. The SMILES string of the molecule is Clc1ccc(/C=N/Nc2nc3ccccc3[nH]2)c(Cl)c1. The molecule has 0 radical (unpaired) electrons. The van der Waals surface area contributed by atoms with Crippen LogP contribution in [0.25, 0.3) is 11.0 Å². The number of imidazole rings is 1. The summed E-state index contributed by atoms with van der Waals surface area (Å²) in [5, 5.41) is 5.24. The van der Waals surface area contributed by atoms with Gasteiger partial charge in [0, 0.05) is 10.6 Å². The predicted octanol–water partition coefficient (Wildman–Crippen LogP) is 4.32. The van der Waals surface area contributed by atoms with Crippen LogP contribution in [0.15, 0.2) is 47.6 Å². The van der Waals surface area contributed by atoms with Gasteiger partial charge in [-0.1, -0.05) is 41.4 Å². The second-order valence-electron chi connectivity index (χ2n) is 4.14. The fraction of sp³-hybridized carbons (Fsp3) is 0. The summed E-state index contributed by atoms with van der Waals surface area (Å²) >= 11 is 11.9. The average molecular weight is 305 g/mol. The van der Waals surface area contributed by atoms with Crippen molar-refractivity contribution in [1.29, 1.82) is 0 Å². The maximum atomic E-state index is 6.05. The van der Waals surface area contributed by atoms with Gasteiger partial charge in [-0.05, 0) is 24.3 Å². The summed E-state index contributed by atoms with van der Waals surface area (Å²) in [6, 6.07) is 13.0. The van der Waals surface area contributed by atoms with Crippen molar-refractivity contribution < 1.29 is 0 Å². The number of aromatic nitrogens is 2. The van der Waals surface area contributed by atoms with E-state index in [1.165, 1.54) is 0 Å². The Balaban J connectivity index is 1.76. The Kier molecular flexibility index (Phi) is 3.58. The average Bonchev–Trinajstić information content (AvgIpc) is 2.84. The number of benzene rings is 2. The molecule has 2 N–H and O–H groups in total. The summed E-state index contributed by atoms with van der Waals surface area (Å²) in [4.78, 5) is 7.46. The number of para-hydroxylation sites is 2. The molecule has 0 unspecified atom stereocenters. The molecule has 3 aromatic rings. The van der Waals surface area contributed by atoms with Crippen LogP contribution in [-0.2, 0) is 0 Å². The summed E-state index contributed by atoms with van der Waals surface area (Å²) in [5.41, 5.74) is 5.45. The molecule has 0 saturated carbocycles. The number of hydrogen-bond donors (Lipinski definition) is 2. The van der Waals surface area contributed by atoms with E-state index in [-0.39, 0.29) is 0 Å². The molecule has 20 heavy (non-hydrogen) atoms. The second-order valence-corrected chi connectivity index (χ2v) is 4.98. The Hall–Kier alpha value is -2.04. The van der Waals surface area contributed by atoms with Gasteiger partial charge in [0.2, 0.25) is 5.95 Å². The Morgan fingerprint density at radius 1 is 1.15 bits per heavy atom. The number of hydrogen-bond acceptors (Lipinski definition) is 3. The molecule has 1 aromatic heterocycles. The fourth-order valence-corrected chi connectivity index (χ4v) is 2.23. The summed E-state index contributed by atoms with van der Waals surface area (Å²) in [5.74, 6) is 0.576. The first-order valence-corrected chi connectivity index (χ1v) is 6.67. The van der Waals surface area contributed by atoms with Crippen LogP contribution in [0.1, 0.15) is 5.56 Å². The highest BCUT2D eigenvalue weighted by Gasteiger charge is 2.00. The first-order chi connectivity index (χ1) is 9.72. The van der Waals surface area contributed by atoms with Gasteiger partial charge in [-0.15, -0.1) is 0 Å². The van der Waals surface area contributed by atoms with Gasteiger partial charge in [-0.2, -0.15) is 5.10 Å². The van der Waals surface area contributed by atoms with Crippen molar-refractivity contribution in [3.63, 3.8) is 0 Å². The van der Waals surface area contributed by atoms with Gasteiger partial charge < -0.3 is 4.98 Å². The van der Waals surface area contributed by atoms with Crippen molar-refractivity contribution in [1.82, 2.24) is 9.97 Å². The molecule has 0 fully saturated rings. The number of rotatable bonds is 3. The highest BCUT2D eigenvalue weighted by Crippen LogP contribution is 2.19. The van der Waals surface area contributed by atoms with Gasteiger partial charge in [0.05, 0.1) is 22.3 Å². The third-order valence-corrected chi connectivity index (χ3v) is 3.29. The van der Waals surface area contributed by atoms with Crippen molar-refractivity contribution in [3.05, 3.63) is 58.1 Å². The van der Waals surface area contributed by atoms with Crippen LogP contribution in [0.4, 0.5) is 5.95 Å². The predicted molar refractivity (Wildman–Crippen MR) is 83.8 cm³/mol. The molecule has 4 nitrogen and oxygen atoms in total. The Bertz CT molecular complexity index is 747. The Morgan fingerprint density at radius 2 is 2.00 bits per heavy atom. The number of fused-ring (bicyclic) bond motifs is 1. The van der Waals surface area contributed by atoms with Crippen LogP contribution < -0.4 is 5.43 Å². The molecule has 100 valence electrons. The minimum atomic E-state index is 0.549. The van der Waals surface area contributed by atoms with E-state index in [0.29, 0.717) is 16.0 Å². The number of anilines is 1. The van der Waals surface area contributed by atoms with Gasteiger partial charge in [0.15, 0.2) is 0 Å². The lowest BCUT2D eigenvalue weighted by Gasteiger charge is -1.98. The first kappa shape index (κ1) is 13.0. The highest BCUT2D eigenvalue weighted by atomic mass is 35.5. The van der Waals surface area contributed by atoms with Crippen molar-refractivity contribution in [3.8, 4) is 0 Å². The molecule has 3 rings (SSSR count). The van der Waals surface area contributed by atoms with E-state index in [1.54, 1.807) is 24.4 Å². The van der Waals surface area contributed by atoms with Gasteiger partial charge in [0.1, 0.15) is 0 Å². The number of H-pyrrole nitrogens is 1. The number of hydrazone groups is 1. The summed E-state index contributed by atoms with van der Waals surface area (Å²) < 4.78 is 0. The van der Waals surface area contributed by atoms with E-state index in [4.69, 9.17) is 23.2 Å². The fourth-order valence-electron chi connectivity index (χ4n) is 1.77. The van der Waals surface area contributed by atoms with E-state index in [1.807, 2.05) is 24.3 Å². The molecule has 0 bridgehead atoms. The zero-order valence-electron chi connectivity index (χ0n) is 10.3. The lowest BCUT2D eigenvalue weighted by atomic mass is 10.2. The lowest BCUT2D eigenvalue weighted by molar-refractivity contribution is 1.21. The summed E-state index contributed by atoms with van der Waals surface area (Å²) in [6.45, 7) is 0. The van der Waals surface area contributed by atoms with E-state index in [0.717, 1.165) is 16.6 Å². The van der Waals surface area contributed by atoms with E-state index in [2.05, 4.69) is 20.5 Å². The van der Waals surface area contributed by atoms with Crippen LogP contribution in [0.5, 0.6) is 0 Å². The Morgan fingerprint density at radius 3 is 2.80 bits per heavy atom. The molecule has 0 atom stereocenters. The van der Waals surface area contributed by atoms with Crippen molar-refractivity contribution in [2.75, 3.05) is 5.43 Å². The maximum absolute atomic E-state index is 6.05. The molecular weight excluding hydrogens is 295 g/mol. The number of nitrogens with one attached hydrogen (secondary N) is 2. The number of nitrogens with zero attached hydrogens (tertiary/aromatic N) is 2. The summed E-state index contributed by atoms with van der Waals surface area (Å²) in [6.07, 6.45) is 1.62. The number of halogens is 2. The minimum absolute atomic E-state index is 0.549. The minimum Gasteiger partial charge on any atom is -0.323 e. The zero-order chi connectivity index (χ0) is 13.9. The van der Waals surface area contributed by atoms with Gasteiger partial charge in [0.25, 0.3) is 0 Å². The lowest BCUT2D eigenvalue weighted by Crippen LogP contribution is -1.92. The molecule has 0 aliphatic heterocycles. The van der Waals surface area contributed by atoms with E-state index < -0.39 is 0 Å². The molecular formula is C14H10Cl2N4. The topological polar surface area (TPSA) is 53.1 Å². The van der Waals surface area contributed by atoms with E-state index in [9.17, 15) is 0 Å². The smallest absolute Gasteiger partial charge is 0.222 e. The zero-order valence-corrected chi connectivity index (χ0v) is 11.8. The molecule has 0 aliphatic rings. The molecule has 0 amide bonds. The van der Waals surface area contributed by atoms with Crippen molar-refractivity contribution in [2.45, 2.75) is 0 Å². The maximum Gasteiger partial charge on any atom is 0.222 e. The van der Waals surface area contributed by atoms with Crippen LogP contribution in [0.3, 0.4) is 0 Å². The largest absolute Gasteiger partial charge is 0.323 e. The van der Waals surface area contributed by atoms with Gasteiger partial charge in [-0.3, -0.25) is 0 Å². The van der Waals surface area contributed by atoms with Gasteiger partial charge >= 0.3 is 0 Å². The molecule has 2 aromatic carbocycles. The monoisotopic (exact) mass is 304 g/mol.